The third-order valence-electron chi connectivity index (χ3n) is 1.86. The molecule has 68 valence electrons. The summed E-state index contributed by atoms with van der Waals surface area (Å²) in [5, 5.41) is 0.814. The molecule has 0 saturated carbocycles. The van der Waals surface area contributed by atoms with E-state index in [1.165, 1.54) is 11.5 Å². The summed E-state index contributed by atoms with van der Waals surface area (Å²) in [5.74, 6) is 0.701. The van der Waals surface area contributed by atoms with Crippen LogP contribution in [0.2, 0.25) is 0 Å². The van der Waals surface area contributed by atoms with E-state index in [1.807, 2.05) is 24.3 Å². The molecule has 0 radical (unpaired) electrons. The second-order valence-corrected chi connectivity index (χ2v) is 4.23. The highest BCUT2D eigenvalue weighted by molar-refractivity contribution is 7.80. The maximum atomic E-state index is 11.7. The number of fused-ring (bicyclic) bond motifs is 1. The Morgan fingerprint density at radius 2 is 2.15 bits per heavy atom. The lowest BCUT2D eigenvalue weighted by atomic mass is 10.3. The lowest BCUT2D eigenvalue weighted by Gasteiger charge is -1.92. The number of rotatable bonds is 2. The fraction of sp³-hybridized carbons (Fsp3) is 0.222. The van der Waals surface area contributed by atoms with E-state index in [4.69, 9.17) is 0 Å². The van der Waals surface area contributed by atoms with Gasteiger partial charge in [-0.1, -0.05) is 23.7 Å². The van der Waals surface area contributed by atoms with Gasteiger partial charge in [-0.05, 0) is 12.1 Å². The van der Waals surface area contributed by atoms with Gasteiger partial charge in [-0.25, -0.2) is 0 Å². The molecule has 0 bridgehead atoms. The van der Waals surface area contributed by atoms with Gasteiger partial charge in [-0.15, -0.1) is 0 Å². The number of thiol groups is 1. The van der Waals surface area contributed by atoms with E-state index < -0.39 is 0 Å². The van der Waals surface area contributed by atoms with Gasteiger partial charge in [0.05, 0.1) is 10.1 Å². The second-order valence-electron chi connectivity index (χ2n) is 2.72. The first-order valence-corrected chi connectivity index (χ1v) is 5.43. The average molecular weight is 211 g/mol. The van der Waals surface area contributed by atoms with Gasteiger partial charge in [-0.2, -0.15) is 12.6 Å². The summed E-state index contributed by atoms with van der Waals surface area (Å²) in [6.45, 7) is 0.696. The predicted octanol–water partition coefficient (Wildman–Crippen LogP) is 1.99. The average Bonchev–Trinajstić information content (AvgIpc) is 2.46. The van der Waals surface area contributed by atoms with Crippen molar-refractivity contribution >= 4 is 34.2 Å². The van der Waals surface area contributed by atoms with Crippen molar-refractivity contribution in [1.29, 1.82) is 0 Å². The van der Waals surface area contributed by atoms with Crippen LogP contribution < -0.4 is 5.56 Å². The van der Waals surface area contributed by atoms with Gasteiger partial charge in [0, 0.05) is 12.3 Å². The summed E-state index contributed by atoms with van der Waals surface area (Å²) in [7, 11) is 0. The van der Waals surface area contributed by atoms with E-state index in [-0.39, 0.29) is 5.56 Å². The van der Waals surface area contributed by atoms with E-state index >= 15 is 0 Å². The molecule has 0 atom stereocenters. The quantitative estimate of drug-likeness (QED) is 0.754. The van der Waals surface area contributed by atoms with Crippen LogP contribution in [0.3, 0.4) is 0 Å². The van der Waals surface area contributed by atoms with E-state index in [0.717, 1.165) is 10.1 Å². The molecule has 0 N–H and O–H groups in total. The van der Waals surface area contributed by atoms with Crippen LogP contribution in [0.1, 0.15) is 0 Å². The zero-order valence-corrected chi connectivity index (χ0v) is 8.65. The fourth-order valence-electron chi connectivity index (χ4n) is 1.26. The lowest BCUT2D eigenvalue weighted by molar-refractivity contribution is 0.827. The molecule has 0 spiro atoms. The first-order chi connectivity index (χ1) is 6.33. The van der Waals surface area contributed by atoms with E-state index in [2.05, 4.69) is 12.6 Å². The molecule has 0 saturated heterocycles. The third-order valence-corrected chi connectivity index (χ3v) is 3.18. The van der Waals surface area contributed by atoms with Crippen molar-refractivity contribution in [1.82, 2.24) is 3.96 Å². The zero-order valence-electron chi connectivity index (χ0n) is 6.93. The molecule has 2 nitrogen and oxygen atoms in total. The van der Waals surface area contributed by atoms with Crippen LogP contribution in [0.5, 0.6) is 0 Å². The molecule has 13 heavy (non-hydrogen) atoms. The normalized spacial score (nSPS) is 10.8. The standard InChI is InChI=1S/C9H9NOS2/c11-9-7-3-1-2-4-8(7)13-10(9)5-6-12/h1-4,12H,5-6H2. The van der Waals surface area contributed by atoms with Gasteiger partial charge < -0.3 is 0 Å². The summed E-state index contributed by atoms with van der Waals surface area (Å²) in [4.78, 5) is 11.7. The summed E-state index contributed by atoms with van der Waals surface area (Å²) >= 11 is 5.61. The number of hydrogen-bond acceptors (Lipinski definition) is 3. The minimum atomic E-state index is 0.106. The Kier molecular flexibility index (Phi) is 2.42. The largest absolute Gasteiger partial charge is 0.268 e. The summed E-state index contributed by atoms with van der Waals surface area (Å²) in [6, 6.07) is 7.67. The van der Waals surface area contributed by atoms with Crippen molar-refractivity contribution in [3.05, 3.63) is 34.6 Å². The Balaban J connectivity index is 2.67. The smallest absolute Gasteiger partial charge is 0.268 e. The Morgan fingerprint density at radius 1 is 1.38 bits per heavy atom. The van der Waals surface area contributed by atoms with Crippen LogP contribution in [0.4, 0.5) is 0 Å². The summed E-state index contributed by atoms with van der Waals surface area (Å²) in [6.07, 6.45) is 0. The molecule has 1 aromatic heterocycles. The van der Waals surface area contributed by atoms with Gasteiger partial charge >= 0.3 is 0 Å². The number of benzene rings is 1. The molecule has 0 unspecified atom stereocenters. The Morgan fingerprint density at radius 3 is 2.85 bits per heavy atom. The minimum absolute atomic E-state index is 0.106. The highest BCUT2D eigenvalue weighted by Crippen LogP contribution is 2.15. The second kappa shape index (κ2) is 3.55. The van der Waals surface area contributed by atoms with Gasteiger partial charge in [0.2, 0.25) is 0 Å². The molecule has 2 rings (SSSR count). The molecule has 1 heterocycles. The van der Waals surface area contributed by atoms with E-state index in [1.54, 1.807) is 3.96 Å². The maximum Gasteiger partial charge on any atom is 0.268 e. The van der Waals surface area contributed by atoms with Crippen molar-refractivity contribution in [3.63, 3.8) is 0 Å². The molecular formula is C9H9NOS2. The van der Waals surface area contributed by atoms with Gasteiger partial charge in [0.15, 0.2) is 0 Å². The number of hydrogen-bond donors (Lipinski definition) is 1. The number of nitrogens with zero attached hydrogens (tertiary/aromatic N) is 1. The van der Waals surface area contributed by atoms with Crippen LogP contribution in [0.15, 0.2) is 29.1 Å². The van der Waals surface area contributed by atoms with Crippen LogP contribution in [-0.2, 0) is 6.54 Å². The number of aromatic nitrogens is 1. The molecular weight excluding hydrogens is 202 g/mol. The van der Waals surface area contributed by atoms with Crippen LogP contribution in [0, 0.1) is 0 Å². The molecule has 2 aromatic rings. The van der Waals surface area contributed by atoms with Crippen LogP contribution in [0.25, 0.3) is 10.1 Å². The topological polar surface area (TPSA) is 22.0 Å². The third kappa shape index (κ3) is 1.51. The first kappa shape index (κ1) is 8.84. The molecule has 0 aliphatic heterocycles. The molecule has 0 aliphatic carbocycles. The van der Waals surface area contributed by atoms with Crippen molar-refractivity contribution in [2.75, 3.05) is 5.75 Å². The predicted molar refractivity (Wildman–Crippen MR) is 59.9 cm³/mol. The van der Waals surface area contributed by atoms with Gasteiger partial charge in [0.1, 0.15) is 0 Å². The van der Waals surface area contributed by atoms with Crippen molar-refractivity contribution in [3.8, 4) is 0 Å². The summed E-state index contributed by atoms with van der Waals surface area (Å²) in [5.41, 5.74) is 0.106. The van der Waals surface area contributed by atoms with Gasteiger partial charge in [-0.3, -0.25) is 8.75 Å². The lowest BCUT2D eigenvalue weighted by Crippen LogP contribution is -2.13. The minimum Gasteiger partial charge on any atom is -0.268 e. The Labute approximate surface area is 85.4 Å². The highest BCUT2D eigenvalue weighted by atomic mass is 32.1. The van der Waals surface area contributed by atoms with Crippen molar-refractivity contribution < 1.29 is 0 Å². The Bertz CT molecular complexity index is 472. The van der Waals surface area contributed by atoms with Gasteiger partial charge in [0.25, 0.3) is 5.56 Å². The van der Waals surface area contributed by atoms with E-state index in [0.29, 0.717) is 12.3 Å². The van der Waals surface area contributed by atoms with Crippen molar-refractivity contribution in [2.24, 2.45) is 0 Å². The van der Waals surface area contributed by atoms with Crippen LogP contribution in [-0.4, -0.2) is 9.71 Å². The molecule has 0 aliphatic rings. The molecule has 0 amide bonds. The first-order valence-electron chi connectivity index (χ1n) is 4.02. The van der Waals surface area contributed by atoms with Crippen LogP contribution >= 0.6 is 24.2 Å². The number of aryl methyl sites for hydroxylation is 1. The maximum absolute atomic E-state index is 11.7. The molecule has 4 heteroatoms. The SMILES string of the molecule is O=c1c2ccccc2sn1CCS. The summed E-state index contributed by atoms with van der Waals surface area (Å²) < 4.78 is 2.80. The zero-order chi connectivity index (χ0) is 9.26. The fourth-order valence-corrected chi connectivity index (χ4v) is 2.59. The molecule has 1 aromatic carbocycles. The van der Waals surface area contributed by atoms with Crippen molar-refractivity contribution in [2.45, 2.75) is 6.54 Å². The highest BCUT2D eigenvalue weighted by Gasteiger charge is 2.04. The molecule has 0 fully saturated rings. The Hall–Kier alpha value is -0.740. The van der Waals surface area contributed by atoms with E-state index in [9.17, 15) is 4.79 Å². The monoisotopic (exact) mass is 211 g/mol.